The van der Waals surface area contributed by atoms with Crippen LogP contribution in [-0.2, 0) is 4.74 Å². The third kappa shape index (κ3) is 4.72. The number of ether oxygens (including phenoxy) is 2. The Hall–Kier alpha value is -2.36. The van der Waals surface area contributed by atoms with Crippen molar-refractivity contribution in [1.29, 1.82) is 0 Å². The SMILES string of the molecule is O=C(O)c1cc([N+](=O)[O-])ccc1OCCOC(F)(F)F. The molecule has 0 aliphatic carbocycles. The van der Waals surface area contributed by atoms with E-state index >= 15 is 0 Å². The number of alkyl halides is 3. The largest absolute Gasteiger partial charge is 0.522 e. The summed E-state index contributed by atoms with van der Waals surface area (Å²) in [5.74, 6) is -1.78. The average molecular weight is 295 g/mol. The zero-order chi connectivity index (χ0) is 15.3. The van der Waals surface area contributed by atoms with Crippen LogP contribution in [0, 0.1) is 10.1 Å². The molecule has 0 radical (unpaired) electrons. The minimum atomic E-state index is -4.81. The molecule has 0 aromatic heterocycles. The maximum Gasteiger partial charge on any atom is 0.522 e. The summed E-state index contributed by atoms with van der Waals surface area (Å²) in [7, 11) is 0. The number of nitro benzene ring substituents is 1. The lowest BCUT2D eigenvalue weighted by molar-refractivity contribution is -0.384. The van der Waals surface area contributed by atoms with Crippen LogP contribution in [0.5, 0.6) is 5.75 Å². The molecule has 0 saturated heterocycles. The minimum Gasteiger partial charge on any atom is -0.490 e. The van der Waals surface area contributed by atoms with Crippen molar-refractivity contribution in [2.24, 2.45) is 0 Å². The first-order valence-electron chi connectivity index (χ1n) is 5.06. The highest BCUT2D eigenvalue weighted by Gasteiger charge is 2.28. The van der Waals surface area contributed by atoms with Crippen LogP contribution in [0.15, 0.2) is 18.2 Å². The van der Waals surface area contributed by atoms with Crippen LogP contribution in [-0.4, -0.2) is 35.6 Å². The monoisotopic (exact) mass is 295 g/mol. The van der Waals surface area contributed by atoms with E-state index in [0.29, 0.717) is 0 Å². The highest BCUT2D eigenvalue weighted by atomic mass is 19.4. The Labute approximate surface area is 109 Å². The van der Waals surface area contributed by atoms with Gasteiger partial charge in [-0.1, -0.05) is 0 Å². The normalized spacial score (nSPS) is 11.2. The number of rotatable bonds is 6. The van der Waals surface area contributed by atoms with E-state index < -0.39 is 41.7 Å². The van der Waals surface area contributed by atoms with E-state index in [1.54, 1.807) is 0 Å². The molecular weight excluding hydrogens is 287 g/mol. The molecule has 0 aliphatic heterocycles. The second-order valence-corrected chi connectivity index (χ2v) is 3.39. The predicted molar refractivity (Wildman–Crippen MR) is 57.6 cm³/mol. The van der Waals surface area contributed by atoms with E-state index in [1.165, 1.54) is 0 Å². The van der Waals surface area contributed by atoms with E-state index in [-0.39, 0.29) is 5.75 Å². The van der Waals surface area contributed by atoms with Gasteiger partial charge in [-0.15, -0.1) is 13.2 Å². The predicted octanol–water partition coefficient (Wildman–Crippen LogP) is 2.21. The van der Waals surface area contributed by atoms with Crippen LogP contribution >= 0.6 is 0 Å². The van der Waals surface area contributed by atoms with E-state index in [1.807, 2.05) is 0 Å². The lowest BCUT2D eigenvalue weighted by Gasteiger charge is -2.10. The molecule has 0 amide bonds. The molecule has 1 rings (SSSR count). The zero-order valence-electron chi connectivity index (χ0n) is 9.72. The van der Waals surface area contributed by atoms with Gasteiger partial charge in [-0.25, -0.2) is 4.79 Å². The molecule has 10 heteroatoms. The van der Waals surface area contributed by atoms with Crippen LogP contribution in [0.3, 0.4) is 0 Å². The average Bonchev–Trinajstić information content (AvgIpc) is 2.33. The van der Waals surface area contributed by atoms with Crippen molar-refractivity contribution in [2.75, 3.05) is 13.2 Å². The van der Waals surface area contributed by atoms with Gasteiger partial charge in [0.1, 0.15) is 17.9 Å². The molecule has 1 aromatic rings. The lowest BCUT2D eigenvalue weighted by atomic mass is 10.2. The number of carboxylic acid groups (broad SMARTS) is 1. The molecule has 0 atom stereocenters. The molecular formula is C10H8F3NO6. The molecule has 0 heterocycles. The van der Waals surface area contributed by atoms with Gasteiger partial charge in [0.05, 0.1) is 11.5 Å². The van der Waals surface area contributed by atoms with Crippen LogP contribution in [0.2, 0.25) is 0 Å². The van der Waals surface area contributed by atoms with Crippen LogP contribution in [0.4, 0.5) is 18.9 Å². The van der Waals surface area contributed by atoms with Crippen molar-refractivity contribution in [3.05, 3.63) is 33.9 Å². The number of carboxylic acids is 1. The third-order valence-corrected chi connectivity index (χ3v) is 2.01. The van der Waals surface area contributed by atoms with Crippen LogP contribution in [0.25, 0.3) is 0 Å². The van der Waals surface area contributed by atoms with E-state index in [0.717, 1.165) is 18.2 Å². The summed E-state index contributed by atoms with van der Waals surface area (Å²) in [6.45, 7) is -1.39. The Bertz CT molecular complexity index is 516. The molecule has 0 spiro atoms. The van der Waals surface area contributed by atoms with Gasteiger partial charge in [-0.2, -0.15) is 0 Å². The number of non-ortho nitro benzene ring substituents is 1. The molecule has 0 fully saturated rings. The summed E-state index contributed by atoms with van der Waals surface area (Å²) < 4.78 is 43.3. The number of hydrogen-bond donors (Lipinski definition) is 1. The number of nitrogens with zero attached hydrogens (tertiary/aromatic N) is 1. The highest BCUT2D eigenvalue weighted by Crippen LogP contribution is 2.24. The van der Waals surface area contributed by atoms with Gasteiger partial charge < -0.3 is 9.84 Å². The second-order valence-electron chi connectivity index (χ2n) is 3.39. The summed E-state index contributed by atoms with van der Waals surface area (Å²) in [5, 5.41) is 19.3. The summed E-state index contributed by atoms with van der Waals surface area (Å²) in [6.07, 6.45) is -4.81. The van der Waals surface area contributed by atoms with Gasteiger partial charge in [0.15, 0.2) is 0 Å². The zero-order valence-corrected chi connectivity index (χ0v) is 9.72. The van der Waals surface area contributed by atoms with Gasteiger partial charge in [-0.05, 0) is 6.07 Å². The Balaban J connectivity index is 2.75. The van der Waals surface area contributed by atoms with Gasteiger partial charge in [0.25, 0.3) is 5.69 Å². The van der Waals surface area contributed by atoms with Gasteiger partial charge >= 0.3 is 12.3 Å². The van der Waals surface area contributed by atoms with Crippen molar-refractivity contribution in [3.8, 4) is 5.75 Å². The Morgan fingerprint density at radius 3 is 2.50 bits per heavy atom. The molecule has 1 aromatic carbocycles. The van der Waals surface area contributed by atoms with E-state index in [2.05, 4.69) is 4.74 Å². The molecule has 0 unspecified atom stereocenters. The van der Waals surface area contributed by atoms with Gasteiger partial charge in [0, 0.05) is 12.1 Å². The molecule has 20 heavy (non-hydrogen) atoms. The number of hydrogen-bond acceptors (Lipinski definition) is 5. The first kappa shape index (κ1) is 15.7. The molecule has 7 nitrogen and oxygen atoms in total. The fraction of sp³-hybridized carbons (Fsp3) is 0.300. The topological polar surface area (TPSA) is 98.9 Å². The number of carbonyl (C=O) groups is 1. The Morgan fingerprint density at radius 1 is 1.35 bits per heavy atom. The van der Waals surface area contributed by atoms with Crippen molar-refractivity contribution in [3.63, 3.8) is 0 Å². The van der Waals surface area contributed by atoms with Crippen LogP contribution in [0.1, 0.15) is 10.4 Å². The van der Waals surface area contributed by atoms with Crippen molar-refractivity contribution < 1.29 is 37.5 Å². The number of aromatic carboxylic acids is 1. The van der Waals surface area contributed by atoms with Crippen molar-refractivity contribution in [1.82, 2.24) is 0 Å². The molecule has 0 bridgehead atoms. The summed E-state index contributed by atoms with van der Waals surface area (Å²) in [6, 6.07) is 2.73. The maximum atomic E-state index is 11.7. The number of benzene rings is 1. The van der Waals surface area contributed by atoms with Crippen LogP contribution < -0.4 is 4.74 Å². The summed E-state index contributed by atoms with van der Waals surface area (Å²) in [4.78, 5) is 20.6. The second kappa shape index (κ2) is 6.19. The lowest BCUT2D eigenvalue weighted by Crippen LogP contribution is -2.18. The fourth-order valence-electron chi connectivity index (χ4n) is 1.23. The number of nitro groups is 1. The maximum absolute atomic E-state index is 11.7. The third-order valence-electron chi connectivity index (χ3n) is 2.01. The fourth-order valence-corrected chi connectivity index (χ4v) is 1.23. The van der Waals surface area contributed by atoms with Crippen molar-refractivity contribution >= 4 is 11.7 Å². The summed E-state index contributed by atoms with van der Waals surface area (Å²) >= 11 is 0. The first-order valence-corrected chi connectivity index (χ1v) is 5.06. The standard InChI is InChI=1S/C10H8F3NO6/c11-10(12,13)20-4-3-19-8-2-1-6(14(17)18)5-7(8)9(15)16/h1-2,5H,3-4H2,(H,15,16). The Morgan fingerprint density at radius 2 is 2.00 bits per heavy atom. The van der Waals surface area contributed by atoms with E-state index in [9.17, 15) is 28.1 Å². The molecule has 1 N–H and O–H groups in total. The molecule has 0 saturated carbocycles. The first-order chi connectivity index (χ1) is 9.20. The minimum absolute atomic E-state index is 0.283. The molecule has 0 aliphatic rings. The Kier molecular flexibility index (Phi) is 4.86. The smallest absolute Gasteiger partial charge is 0.490 e. The van der Waals surface area contributed by atoms with Gasteiger partial charge in [-0.3, -0.25) is 14.9 Å². The summed E-state index contributed by atoms with van der Waals surface area (Å²) in [5.41, 5.74) is -0.993. The van der Waals surface area contributed by atoms with E-state index in [4.69, 9.17) is 9.84 Å². The number of halogens is 3. The quantitative estimate of drug-likeness (QED) is 0.490. The highest BCUT2D eigenvalue weighted by molar-refractivity contribution is 5.91. The van der Waals surface area contributed by atoms with Crippen molar-refractivity contribution in [2.45, 2.75) is 6.36 Å². The van der Waals surface area contributed by atoms with Gasteiger partial charge in [0.2, 0.25) is 0 Å². The molecule has 110 valence electrons.